The van der Waals surface area contributed by atoms with Gasteiger partial charge in [0.2, 0.25) is 0 Å². The van der Waals surface area contributed by atoms with Crippen molar-refractivity contribution in [3.63, 3.8) is 0 Å². The number of hydrogen-bond acceptors (Lipinski definition) is 16. The van der Waals surface area contributed by atoms with Gasteiger partial charge in [-0.15, -0.1) is 0 Å². The number of hydrogen-bond donors (Lipinski definition) is 0. The Morgan fingerprint density at radius 2 is 0.505 bits per heavy atom. The van der Waals surface area contributed by atoms with Crippen LogP contribution in [-0.4, -0.2) is 104 Å². The van der Waals surface area contributed by atoms with E-state index in [1.165, 1.54) is 109 Å². The molecule has 0 N–H and O–H groups in total. The number of nitro benzene ring substituents is 3. The Labute approximate surface area is 630 Å². The van der Waals surface area contributed by atoms with Crippen LogP contribution in [0.15, 0.2) is 218 Å². The fourth-order valence-corrected chi connectivity index (χ4v) is 47.6. The molecular formula is C78H63Cl3N6O15Sn3. The standard InChI is InChI=1S/3C8H4NO.3C7H4ClO.3C7H4NO3.3C4H9.3Sn/c2*1-9-8-4-2-7(6-10)3-5-8;9-5-7-1-3-8(6-10)4-2-7;3*8-7-3-1-6(5-9)2-4-7;3*9-5-6-1-3-7(4-2-6)8(10)11;3*1-3-4-2;;;/h2*2-5H;1-4H;3*1-4H;3*1-4H;3*1,3-4H2,2H3;;;. The average molecular weight is 1790 g/mol. The molecule has 0 bridgehead atoms. The Balaban J connectivity index is 0.000000221. The summed E-state index contributed by atoms with van der Waals surface area (Å²) in [7, 11) is 0. The van der Waals surface area contributed by atoms with Gasteiger partial charge in [0, 0.05) is 0 Å². The van der Waals surface area contributed by atoms with E-state index in [1.807, 2.05) is 26.8 Å². The van der Waals surface area contributed by atoms with Crippen molar-refractivity contribution in [2.24, 2.45) is 0 Å². The molecule has 0 aliphatic carbocycles. The molecule has 27 heteroatoms. The zero-order chi connectivity index (χ0) is 76.8. The third-order valence-electron chi connectivity index (χ3n) is 17.3. The van der Waals surface area contributed by atoms with Crippen molar-refractivity contribution in [1.82, 2.24) is 0 Å². The third kappa shape index (κ3) is 19.3. The van der Waals surface area contributed by atoms with Gasteiger partial charge in [-0.05, 0) is 0 Å². The van der Waals surface area contributed by atoms with Crippen LogP contribution in [0, 0.1) is 54.8 Å². The number of nitriles is 1. The number of nitro groups is 3. The molecule has 0 atom stereocenters. The Morgan fingerprint density at radius 1 is 0.333 bits per heavy atom. The van der Waals surface area contributed by atoms with Crippen LogP contribution >= 0.6 is 34.8 Å². The molecule has 9 rings (SSSR count). The van der Waals surface area contributed by atoms with Crippen LogP contribution in [0.1, 0.15) is 158 Å². The molecular weight excluding hydrogens is 1720 g/mol. The van der Waals surface area contributed by atoms with Gasteiger partial charge in [-0.3, -0.25) is 0 Å². The van der Waals surface area contributed by atoms with Crippen LogP contribution in [0.2, 0.25) is 28.4 Å². The van der Waals surface area contributed by atoms with Crippen molar-refractivity contribution >= 4 is 153 Å². The molecule has 0 unspecified atom stereocenters. The van der Waals surface area contributed by atoms with E-state index in [0.717, 1.165) is 42.8 Å². The number of carbonyl (C=O) groups is 9. The third-order valence-corrected chi connectivity index (χ3v) is 54.9. The van der Waals surface area contributed by atoms with E-state index in [9.17, 15) is 73.5 Å². The molecule has 9 aromatic carbocycles. The van der Waals surface area contributed by atoms with E-state index >= 15 is 0 Å². The summed E-state index contributed by atoms with van der Waals surface area (Å²) in [5.74, 6) is 0. The zero-order valence-electron chi connectivity index (χ0n) is 56.6. The molecule has 0 radical (unpaired) electrons. The van der Waals surface area contributed by atoms with E-state index in [-0.39, 0.29) is 75.2 Å². The van der Waals surface area contributed by atoms with Gasteiger partial charge >= 0.3 is 637 Å². The Hall–Kier alpha value is -10.1. The fraction of sp³-hybridized carbons (Fsp3) is 0.154. The summed E-state index contributed by atoms with van der Waals surface area (Å²) in [5.41, 5.74) is 1.90. The Morgan fingerprint density at radius 3 is 0.667 bits per heavy atom. The number of carbonyl (C=O) groups excluding carboxylic acids is 9. The predicted molar refractivity (Wildman–Crippen MR) is 406 cm³/mol. The van der Waals surface area contributed by atoms with E-state index in [4.69, 9.17) is 53.2 Å². The maximum absolute atomic E-state index is 14.1. The summed E-state index contributed by atoms with van der Waals surface area (Å²) >= 11 is 2.43. The molecule has 0 aromatic heterocycles. The van der Waals surface area contributed by atoms with E-state index in [1.54, 1.807) is 72.8 Å². The summed E-state index contributed by atoms with van der Waals surface area (Å²) in [5, 5.41) is 43.8. The normalized spacial score (nSPS) is 10.9. The molecule has 528 valence electrons. The first kappa shape index (κ1) is 82.2. The van der Waals surface area contributed by atoms with Gasteiger partial charge in [-0.2, -0.15) is 0 Å². The molecule has 0 amide bonds. The summed E-state index contributed by atoms with van der Waals surface area (Å²) in [6.45, 7) is 20.1. The number of benzene rings is 9. The second-order valence-corrected chi connectivity index (χ2v) is 56.7. The minimum absolute atomic E-state index is 0.0212. The van der Waals surface area contributed by atoms with Crippen LogP contribution in [0.4, 0.5) is 28.4 Å². The van der Waals surface area contributed by atoms with Crippen molar-refractivity contribution in [3.05, 3.63) is 342 Å². The molecule has 0 saturated heterocycles. The minimum atomic E-state index is -5.47. The topological polar surface area (TPSA) is 316 Å². The molecule has 105 heavy (non-hydrogen) atoms. The van der Waals surface area contributed by atoms with Gasteiger partial charge in [-0.1, -0.05) is 0 Å². The monoisotopic (exact) mass is 1790 g/mol. The van der Waals surface area contributed by atoms with Crippen molar-refractivity contribution in [2.45, 2.75) is 72.6 Å². The SMILES string of the molecule is CCC[CH2][Sn]([C](=O)c1ccc(Cl)cc1)([C](=O)c1ccc(Cl)cc1)[C](=O)c1ccc(Cl)cc1.CCC[CH2][Sn]([C](=O)c1ccc([N+](=O)[O-])cc1)([C](=O)c1ccc([N+](=O)[O-])cc1)[C](=O)c1ccc([N+](=O)[O-])cc1.[C-]#[N+]c1ccc([C](=O)[Sn]([CH2]CCC)([C](=O)c2ccc(C#N)cc2)[C](=O)c2ccc([N+]#[C-])cc2)cc1. The first-order valence-corrected chi connectivity index (χ1v) is 52.6. The predicted octanol–water partition coefficient (Wildman–Crippen LogP) is 19.2. The fourth-order valence-electron chi connectivity index (χ4n) is 11.6. The molecule has 0 spiro atoms. The Bertz CT molecular complexity index is 4460. The van der Waals surface area contributed by atoms with Crippen LogP contribution in [0.3, 0.4) is 0 Å². The molecule has 0 saturated carbocycles. The van der Waals surface area contributed by atoms with Gasteiger partial charge in [0.1, 0.15) is 0 Å². The van der Waals surface area contributed by atoms with Gasteiger partial charge in [0.15, 0.2) is 0 Å². The summed E-state index contributed by atoms with van der Waals surface area (Å²) in [6.07, 6.45) is 3.50. The first-order chi connectivity index (χ1) is 50.2. The van der Waals surface area contributed by atoms with E-state index in [0.29, 0.717) is 80.8 Å². The Kier molecular flexibility index (Phi) is 29.8. The first-order valence-electron chi connectivity index (χ1n) is 32.6. The van der Waals surface area contributed by atoms with E-state index in [2.05, 4.69) is 9.69 Å². The van der Waals surface area contributed by atoms with Gasteiger partial charge < -0.3 is 0 Å². The molecule has 0 aliphatic rings. The van der Waals surface area contributed by atoms with Gasteiger partial charge in [0.05, 0.1) is 0 Å². The van der Waals surface area contributed by atoms with Crippen molar-refractivity contribution < 1.29 is 57.9 Å². The van der Waals surface area contributed by atoms with Crippen molar-refractivity contribution in [2.75, 3.05) is 0 Å². The summed E-state index contributed by atoms with van der Waals surface area (Å²) in [6, 6.07) is 53.1. The number of unbranched alkanes of at least 4 members (excludes halogenated alkanes) is 3. The number of rotatable bonds is 30. The molecule has 0 aliphatic heterocycles. The van der Waals surface area contributed by atoms with Gasteiger partial charge in [-0.25, -0.2) is 0 Å². The number of halogens is 3. The van der Waals surface area contributed by atoms with Crippen LogP contribution in [-0.2, 0) is 0 Å². The summed E-state index contributed by atoms with van der Waals surface area (Å²) < 4.78 is -3.96. The number of nitrogens with zero attached hydrogens (tertiary/aromatic N) is 6. The van der Waals surface area contributed by atoms with Crippen LogP contribution < -0.4 is 0 Å². The summed E-state index contributed by atoms with van der Waals surface area (Å²) in [4.78, 5) is 165. The van der Waals surface area contributed by atoms with Crippen LogP contribution in [0.25, 0.3) is 9.69 Å². The van der Waals surface area contributed by atoms with Crippen LogP contribution in [0.5, 0.6) is 0 Å². The molecule has 0 heterocycles. The molecule has 0 fully saturated rings. The molecule has 9 aromatic rings. The second-order valence-electron chi connectivity index (χ2n) is 23.9. The van der Waals surface area contributed by atoms with Crippen molar-refractivity contribution in [3.8, 4) is 6.07 Å². The zero-order valence-corrected chi connectivity index (χ0v) is 67.4. The van der Waals surface area contributed by atoms with E-state index < -0.39 is 92.7 Å². The molecule has 21 nitrogen and oxygen atoms in total. The number of non-ortho nitro benzene ring substituents is 3. The second kappa shape index (κ2) is 38.1. The van der Waals surface area contributed by atoms with Gasteiger partial charge in [0.25, 0.3) is 0 Å². The quantitative estimate of drug-likeness (QED) is 0.0175. The maximum atomic E-state index is 14.1. The van der Waals surface area contributed by atoms with Crippen molar-refractivity contribution in [1.29, 1.82) is 5.26 Å². The average Bonchev–Trinajstić information content (AvgIpc) is 0.778.